The molecule has 2 rings (SSSR count). The van der Waals surface area contributed by atoms with E-state index in [0.29, 0.717) is 24.1 Å². The quantitative estimate of drug-likeness (QED) is 0.916. The highest BCUT2D eigenvalue weighted by Crippen LogP contribution is 2.28. The van der Waals surface area contributed by atoms with Crippen LogP contribution in [0.25, 0.3) is 0 Å². The minimum absolute atomic E-state index is 0.0697. The van der Waals surface area contributed by atoms with E-state index in [0.717, 1.165) is 12.5 Å². The number of rotatable bonds is 4. The standard InChI is InChI=1S/C16H22FNO2/c1-11-5-3-4-6-15(11)18(2)10-12-7-8-13(17)9-14(12)16(19)20/h7-9,11,15H,3-6,10H2,1-2H3,(H,19,20). The smallest absolute Gasteiger partial charge is 0.336 e. The number of halogens is 1. The van der Waals surface area contributed by atoms with Crippen LogP contribution in [0.15, 0.2) is 18.2 Å². The first-order chi connectivity index (χ1) is 9.49. The lowest BCUT2D eigenvalue weighted by Gasteiger charge is -2.36. The Kier molecular flexibility index (Phi) is 4.76. The minimum atomic E-state index is -1.07. The number of hydrogen-bond acceptors (Lipinski definition) is 2. The van der Waals surface area contributed by atoms with Crippen LogP contribution in [0.2, 0.25) is 0 Å². The second kappa shape index (κ2) is 6.35. The van der Waals surface area contributed by atoms with Crippen LogP contribution in [-0.4, -0.2) is 29.1 Å². The maximum Gasteiger partial charge on any atom is 0.336 e. The summed E-state index contributed by atoms with van der Waals surface area (Å²) < 4.78 is 13.2. The van der Waals surface area contributed by atoms with E-state index >= 15 is 0 Å². The van der Waals surface area contributed by atoms with Crippen LogP contribution in [0.1, 0.15) is 48.5 Å². The number of aromatic carboxylic acids is 1. The molecule has 1 fully saturated rings. The fourth-order valence-electron chi connectivity index (χ4n) is 3.22. The highest BCUT2D eigenvalue weighted by Gasteiger charge is 2.25. The topological polar surface area (TPSA) is 40.5 Å². The van der Waals surface area contributed by atoms with Gasteiger partial charge in [-0.25, -0.2) is 9.18 Å². The first-order valence-corrected chi connectivity index (χ1v) is 7.21. The first kappa shape index (κ1) is 15.0. The molecule has 2 unspecified atom stereocenters. The van der Waals surface area contributed by atoms with Gasteiger partial charge in [-0.3, -0.25) is 4.90 Å². The Hall–Kier alpha value is -1.42. The molecule has 110 valence electrons. The van der Waals surface area contributed by atoms with E-state index in [1.807, 2.05) is 7.05 Å². The number of carbonyl (C=O) groups is 1. The van der Waals surface area contributed by atoms with Crippen LogP contribution in [-0.2, 0) is 6.54 Å². The summed E-state index contributed by atoms with van der Waals surface area (Å²) in [6.07, 6.45) is 4.89. The largest absolute Gasteiger partial charge is 0.478 e. The maximum atomic E-state index is 13.2. The van der Waals surface area contributed by atoms with E-state index in [-0.39, 0.29) is 5.56 Å². The van der Waals surface area contributed by atoms with Crippen molar-refractivity contribution in [3.05, 3.63) is 35.1 Å². The van der Waals surface area contributed by atoms with E-state index in [9.17, 15) is 14.3 Å². The highest BCUT2D eigenvalue weighted by molar-refractivity contribution is 5.89. The Morgan fingerprint density at radius 3 is 2.75 bits per heavy atom. The van der Waals surface area contributed by atoms with Gasteiger partial charge in [0.25, 0.3) is 0 Å². The van der Waals surface area contributed by atoms with Gasteiger partial charge in [-0.05, 0) is 43.5 Å². The molecule has 0 amide bonds. The average Bonchev–Trinajstić information content (AvgIpc) is 2.41. The third kappa shape index (κ3) is 3.37. The Labute approximate surface area is 119 Å². The van der Waals surface area contributed by atoms with Crippen molar-refractivity contribution in [1.29, 1.82) is 0 Å². The van der Waals surface area contributed by atoms with Gasteiger partial charge in [0.1, 0.15) is 5.82 Å². The van der Waals surface area contributed by atoms with E-state index in [2.05, 4.69) is 11.8 Å². The van der Waals surface area contributed by atoms with Gasteiger partial charge in [-0.1, -0.05) is 25.8 Å². The number of hydrogen-bond donors (Lipinski definition) is 1. The van der Waals surface area contributed by atoms with Crippen LogP contribution in [0.3, 0.4) is 0 Å². The fraction of sp³-hybridized carbons (Fsp3) is 0.562. The molecule has 1 aliphatic carbocycles. The summed E-state index contributed by atoms with van der Waals surface area (Å²) in [6.45, 7) is 2.81. The fourth-order valence-corrected chi connectivity index (χ4v) is 3.22. The van der Waals surface area contributed by atoms with Crippen molar-refractivity contribution < 1.29 is 14.3 Å². The van der Waals surface area contributed by atoms with Crippen molar-refractivity contribution in [2.24, 2.45) is 5.92 Å². The van der Waals surface area contributed by atoms with Gasteiger partial charge in [0.05, 0.1) is 5.56 Å². The molecular formula is C16H22FNO2. The molecule has 0 aliphatic heterocycles. The molecule has 0 heterocycles. The molecule has 20 heavy (non-hydrogen) atoms. The molecule has 1 saturated carbocycles. The number of nitrogens with zero attached hydrogens (tertiary/aromatic N) is 1. The zero-order valence-corrected chi connectivity index (χ0v) is 12.1. The van der Waals surface area contributed by atoms with E-state index in [4.69, 9.17) is 0 Å². The summed E-state index contributed by atoms with van der Waals surface area (Å²) >= 11 is 0. The zero-order valence-electron chi connectivity index (χ0n) is 12.1. The summed E-state index contributed by atoms with van der Waals surface area (Å²) in [7, 11) is 2.03. The van der Waals surface area contributed by atoms with Crippen molar-refractivity contribution in [3.63, 3.8) is 0 Å². The van der Waals surface area contributed by atoms with Crippen molar-refractivity contribution in [3.8, 4) is 0 Å². The van der Waals surface area contributed by atoms with Crippen molar-refractivity contribution in [2.45, 2.75) is 45.2 Å². The Balaban J connectivity index is 2.14. The lowest BCUT2D eigenvalue weighted by Crippen LogP contribution is -2.38. The first-order valence-electron chi connectivity index (χ1n) is 7.21. The Morgan fingerprint density at radius 2 is 2.10 bits per heavy atom. The van der Waals surface area contributed by atoms with Gasteiger partial charge >= 0.3 is 5.97 Å². The molecule has 0 radical (unpaired) electrons. The zero-order chi connectivity index (χ0) is 14.7. The lowest BCUT2D eigenvalue weighted by atomic mass is 9.85. The van der Waals surface area contributed by atoms with E-state index < -0.39 is 11.8 Å². The van der Waals surface area contributed by atoms with Crippen LogP contribution in [0.5, 0.6) is 0 Å². The predicted octanol–water partition coefficient (Wildman–Crippen LogP) is 3.53. The summed E-state index contributed by atoms with van der Waals surface area (Å²) in [5, 5.41) is 9.18. The number of carboxylic acids is 1. The second-order valence-electron chi connectivity index (χ2n) is 5.85. The van der Waals surface area contributed by atoms with Crippen molar-refractivity contribution in [2.75, 3.05) is 7.05 Å². The molecule has 1 aromatic carbocycles. The van der Waals surface area contributed by atoms with Crippen molar-refractivity contribution in [1.82, 2.24) is 4.90 Å². The average molecular weight is 279 g/mol. The van der Waals surface area contributed by atoms with Gasteiger partial charge in [0.15, 0.2) is 0 Å². The van der Waals surface area contributed by atoms with Crippen LogP contribution >= 0.6 is 0 Å². The van der Waals surface area contributed by atoms with Gasteiger partial charge in [0.2, 0.25) is 0 Å². The summed E-state index contributed by atoms with van der Waals surface area (Å²) in [6, 6.07) is 4.51. The van der Waals surface area contributed by atoms with Gasteiger partial charge in [0, 0.05) is 12.6 Å². The summed E-state index contributed by atoms with van der Waals surface area (Å²) in [5.74, 6) is -0.938. The van der Waals surface area contributed by atoms with E-state index in [1.54, 1.807) is 6.07 Å². The summed E-state index contributed by atoms with van der Waals surface area (Å²) in [5.41, 5.74) is 0.750. The van der Waals surface area contributed by atoms with Crippen LogP contribution < -0.4 is 0 Å². The molecule has 2 atom stereocenters. The second-order valence-corrected chi connectivity index (χ2v) is 5.85. The Morgan fingerprint density at radius 1 is 1.40 bits per heavy atom. The molecule has 1 aliphatic rings. The highest BCUT2D eigenvalue weighted by atomic mass is 19.1. The molecule has 1 aromatic rings. The molecule has 0 spiro atoms. The summed E-state index contributed by atoms with van der Waals surface area (Å²) in [4.78, 5) is 13.4. The molecule has 0 aromatic heterocycles. The third-order valence-corrected chi connectivity index (χ3v) is 4.35. The molecule has 0 saturated heterocycles. The monoisotopic (exact) mass is 279 g/mol. The molecule has 1 N–H and O–H groups in total. The third-order valence-electron chi connectivity index (χ3n) is 4.35. The molecule has 4 heteroatoms. The SMILES string of the molecule is CC1CCCCC1N(C)Cc1ccc(F)cc1C(=O)O. The number of carboxylic acid groups (broad SMARTS) is 1. The van der Waals surface area contributed by atoms with Crippen LogP contribution in [0, 0.1) is 11.7 Å². The van der Waals surface area contributed by atoms with Gasteiger partial charge in [-0.2, -0.15) is 0 Å². The molecule has 0 bridgehead atoms. The normalized spacial score (nSPS) is 23.0. The lowest BCUT2D eigenvalue weighted by molar-refractivity contribution is 0.0692. The predicted molar refractivity (Wildman–Crippen MR) is 76.2 cm³/mol. The number of benzene rings is 1. The van der Waals surface area contributed by atoms with Crippen molar-refractivity contribution >= 4 is 5.97 Å². The minimum Gasteiger partial charge on any atom is -0.478 e. The Bertz CT molecular complexity index is 489. The van der Waals surface area contributed by atoms with E-state index in [1.165, 1.54) is 25.3 Å². The van der Waals surface area contributed by atoms with Crippen LogP contribution in [0.4, 0.5) is 4.39 Å². The van der Waals surface area contributed by atoms with Gasteiger partial charge < -0.3 is 5.11 Å². The van der Waals surface area contributed by atoms with Gasteiger partial charge in [-0.15, -0.1) is 0 Å². The maximum absolute atomic E-state index is 13.2. The molecular weight excluding hydrogens is 257 g/mol. The molecule has 3 nitrogen and oxygen atoms in total.